The molecule has 1 aliphatic carbocycles. The highest BCUT2D eigenvalue weighted by Crippen LogP contribution is 2.25. The second-order valence-electron chi connectivity index (χ2n) is 10.1. The van der Waals surface area contributed by atoms with Gasteiger partial charge in [-0.2, -0.15) is 0 Å². The predicted molar refractivity (Wildman–Crippen MR) is 151 cm³/mol. The highest BCUT2D eigenvalue weighted by Gasteiger charge is 2.15. The molecule has 0 aliphatic heterocycles. The molecule has 0 spiro atoms. The number of hydrogen-bond acceptors (Lipinski definition) is 5. The van der Waals surface area contributed by atoms with Crippen LogP contribution in [-0.4, -0.2) is 25.7 Å². The quantitative estimate of drug-likeness (QED) is 0.166. The normalized spacial score (nSPS) is 13.4. The SMILES string of the molecule is O=C(CCCOc1ccc(CNCCCc2ccccc2)cc1)OCc1ccc(OCC2CCCC2)cc1. The number of carbonyl (C=O) groups excluding carboxylic acids is 1. The van der Waals surface area contributed by atoms with Gasteiger partial charge in [0.1, 0.15) is 18.1 Å². The fraction of sp³-hybridized carbons (Fsp3) is 0.424. The first-order chi connectivity index (χ1) is 18.7. The van der Waals surface area contributed by atoms with E-state index in [0.29, 0.717) is 25.4 Å². The van der Waals surface area contributed by atoms with Gasteiger partial charge in [0.25, 0.3) is 0 Å². The molecule has 0 aromatic heterocycles. The molecule has 0 amide bonds. The molecule has 3 aromatic carbocycles. The molecule has 4 rings (SSSR count). The van der Waals surface area contributed by atoms with E-state index in [2.05, 4.69) is 47.8 Å². The van der Waals surface area contributed by atoms with Crippen LogP contribution in [0, 0.1) is 5.92 Å². The molecule has 0 heterocycles. The van der Waals surface area contributed by atoms with Crippen molar-refractivity contribution >= 4 is 5.97 Å². The van der Waals surface area contributed by atoms with Gasteiger partial charge in [-0.05, 0) is 85.5 Å². The van der Waals surface area contributed by atoms with E-state index in [-0.39, 0.29) is 12.6 Å². The van der Waals surface area contributed by atoms with Crippen molar-refractivity contribution in [2.24, 2.45) is 5.92 Å². The van der Waals surface area contributed by atoms with Gasteiger partial charge in [-0.1, -0.05) is 67.4 Å². The molecule has 202 valence electrons. The summed E-state index contributed by atoms with van der Waals surface area (Å²) in [6, 6.07) is 26.6. The number of hydrogen-bond donors (Lipinski definition) is 1. The molecular weight excluding hydrogens is 474 g/mol. The summed E-state index contributed by atoms with van der Waals surface area (Å²) in [6.07, 6.45) is 8.38. The molecule has 1 fully saturated rings. The average Bonchev–Trinajstić information content (AvgIpc) is 3.49. The number of benzene rings is 3. The summed E-state index contributed by atoms with van der Waals surface area (Å²) >= 11 is 0. The third-order valence-corrected chi connectivity index (χ3v) is 6.99. The molecular formula is C33H41NO4. The molecule has 0 unspecified atom stereocenters. The predicted octanol–water partition coefficient (Wildman–Crippen LogP) is 6.88. The minimum atomic E-state index is -0.205. The minimum Gasteiger partial charge on any atom is -0.494 e. The second kappa shape index (κ2) is 15.8. The van der Waals surface area contributed by atoms with Gasteiger partial charge in [0.2, 0.25) is 0 Å². The van der Waals surface area contributed by atoms with Crippen LogP contribution in [0.25, 0.3) is 0 Å². The lowest BCUT2D eigenvalue weighted by Crippen LogP contribution is -2.15. The summed E-state index contributed by atoms with van der Waals surface area (Å²) < 4.78 is 17.1. The van der Waals surface area contributed by atoms with Crippen molar-refractivity contribution in [1.29, 1.82) is 0 Å². The van der Waals surface area contributed by atoms with E-state index in [9.17, 15) is 4.79 Å². The van der Waals surface area contributed by atoms with Crippen LogP contribution in [0.5, 0.6) is 11.5 Å². The van der Waals surface area contributed by atoms with Gasteiger partial charge in [-0.3, -0.25) is 4.79 Å². The topological polar surface area (TPSA) is 56.8 Å². The van der Waals surface area contributed by atoms with E-state index in [0.717, 1.165) is 49.6 Å². The molecule has 5 heteroatoms. The monoisotopic (exact) mass is 515 g/mol. The number of nitrogens with one attached hydrogen (secondary N) is 1. The molecule has 0 saturated heterocycles. The number of aryl methyl sites for hydroxylation is 1. The molecule has 5 nitrogen and oxygen atoms in total. The molecule has 3 aromatic rings. The largest absolute Gasteiger partial charge is 0.494 e. The van der Waals surface area contributed by atoms with Crippen molar-refractivity contribution in [3.8, 4) is 11.5 Å². The average molecular weight is 516 g/mol. The first-order valence-electron chi connectivity index (χ1n) is 14.1. The Bertz CT molecular complexity index is 1060. The maximum atomic E-state index is 12.1. The van der Waals surface area contributed by atoms with E-state index in [1.165, 1.54) is 36.8 Å². The minimum absolute atomic E-state index is 0.205. The van der Waals surface area contributed by atoms with Crippen molar-refractivity contribution < 1.29 is 19.0 Å². The Morgan fingerprint density at radius 1 is 0.763 bits per heavy atom. The third kappa shape index (κ3) is 10.2. The first-order valence-corrected chi connectivity index (χ1v) is 14.1. The Labute approximate surface area is 227 Å². The van der Waals surface area contributed by atoms with Gasteiger partial charge in [-0.15, -0.1) is 0 Å². The van der Waals surface area contributed by atoms with Crippen molar-refractivity contribution in [2.75, 3.05) is 19.8 Å². The summed E-state index contributed by atoms with van der Waals surface area (Å²) in [4.78, 5) is 12.1. The van der Waals surface area contributed by atoms with Crippen LogP contribution in [0.2, 0.25) is 0 Å². The van der Waals surface area contributed by atoms with Crippen LogP contribution in [-0.2, 0) is 29.1 Å². The zero-order valence-corrected chi connectivity index (χ0v) is 22.4. The summed E-state index contributed by atoms with van der Waals surface area (Å²) in [5, 5.41) is 3.50. The van der Waals surface area contributed by atoms with E-state index in [1.807, 2.05) is 36.4 Å². The zero-order chi connectivity index (χ0) is 26.3. The lowest BCUT2D eigenvalue weighted by molar-refractivity contribution is -0.145. The van der Waals surface area contributed by atoms with Gasteiger partial charge >= 0.3 is 5.97 Å². The Kier molecular flexibility index (Phi) is 11.5. The molecule has 0 bridgehead atoms. The summed E-state index contributed by atoms with van der Waals surface area (Å²) in [5.41, 5.74) is 3.58. The van der Waals surface area contributed by atoms with Crippen LogP contribution in [0.1, 0.15) is 61.6 Å². The summed E-state index contributed by atoms with van der Waals surface area (Å²) in [6.45, 7) is 3.40. The highest BCUT2D eigenvalue weighted by atomic mass is 16.5. The van der Waals surface area contributed by atoms with E-state index in [4.69, 9.17) is 14.2 Å². The fourth-order valence-corrected chi connectivity index (χ4v) is 4.71. The maximum Gasteiger partial charge on any atom is 0.306 e. The van der Waals surface area contributed by atoms with Crippen molar-refractivity contribution in [1.82, 2.24) is 5.32 Å². The molecule has 0 atom stereocenters. The van der Waals surface area contributed by atoms with Gasteiger partial charge in [0.05, 0.1) is 13.2 Å². The van der Waals surface area contributed by atoms with Gasteiger partial charge in [-0.25, -0.2) is 0 Å². The standard InChI is InChI=1S/C33H41NO4/c35-33(38-26-30-16-20-32(21-17-30)37-25-29-10-4-5-11-29)13-7-23-36-31-18-14-28(15-19-31)24-34-22-6-12-27-8-2-1-3-9-27/h1-3,8-9,14-21,29,34H,4-7,10-13,22-26H2. The molecule has 1 saturated carbocycles. The zero-order valence-electron chi connectivity index (χ0n) is 22.4. The van der Waals surface area contributed by atoms with Crippen LogP contribution in [0.3, 0.4) is 0 Å². The van der Waals surface area contributed by atoms with Crippen LogP contribution >= 0.6 is 0 Å². The second-order valence-corrected chi connectivity index (χ2v) is 10.1. The van der Waals surface area contributed by atoms with E-state index in [1.54, 1.807) is 0 Å². The molecule has 38 heavy (non-hydrogen) atoms. The lowest BCUT2D eigenvalue weighted by atomic mass is 10.1. The number of ether oxygens (including phenoxy) is 3. The van der Waals surface area contributed by atoms with Crippen LogP contribution in [0.15, 0.2) is 78.9 Å². The Hall–Kier alpha value is -3.31. The Morgan fingerprint density at radius 3 is 2.18 bits per heavy atom. The molecule has 1 N–H and O–H groups in total. The van der Waals surface area contributed by atoms with Gasteiger partial charge in [0.15, 0.2) is 0 Å². The number of carbonyl (C=O) groups is 1. The van der Waals surface area contributed by atoms with Crippen molar-refractivity contribution in [2.45, 2.75) is 64.5 Å². The summed E-state index contributed by atoms with van der Waals surface area (Å²) in [5.74, 6) is 2.19. The molecule has 1 aliphatic rings. The highest BCUT2D eigenvalue weighted by molar-refractivity contribution is 5.69. The van der Waals surface area contributed by atoms with Crippen molar-refractivity contribution in [3.63, 3.8) is 0 Å². The van der Waals surface area contributed by atoms with Crippen LogP contribution < -0.4 is 14.8 Å². The van der Waals surface area contributed by atoms with E-state index >= 15 is 0 Å². The van der Waals surface area contributed by atoms with Crippen LogP contribution in [0.4, 0.5) is 0 Å². The van der Waals surface area contributed by atoms with E-state index < -0.39 is 0 Å². The first kappa shape index (κ1) is 27.7. The summed E-state index contributed by atoms with van der Waals surface area (Å²) in [7, 11) is 0. The van der Waals surface area contributed by atoms with Gasteiger partial charge in [0, 0.05) is 13.0 Å². The smallest absolute Gasteiger partial charge is 0.306 e. The van der Waals surface area contributed by atoms with Crippen molar-refractivity contribution in [3.05, 3.63) is 95.6 Å². The third-order valence-electron chi connectivity index (χ3n) is 6.99. The Balaban J connectivity index is 1.02. The number of esters is 1. The molecule has 0 radical (unpaired) electrons. The maximum absolute atomic E-state index is 12.1. The number of rotatable bonds is 16. The lowest BCUT2D eigenvalue weighted by Gasteiger charge is -2.12. The Morgan fingerprint density at radius 2 is 1.45 bits per heavy atom. The fourth-order valence-electron chi connectivity index (χ4n) is 4.71. The van der Waals surface area contributed by atoms with Gasteiger partial charge < -0.3 is 19.5 Å².